The average molecular weight is 177 g/mol. The Morgan fingerprint density at radius 2 is 2.38 bits per heavy atom. The Labute approximate surface area is 56.3 Å². The molecular weight excluding hydrogens is 167 g/mol. The van der Waals surface area contributed by atoms with Crippen molar-refractivity contribution in [3.8, 4) is 0 Å². The Morgan fingerprint density at radius 1 is 1.75 bits per heavy atom. The van der Waals surface area contributed by atoms with Gasteiger partial charge in [0.15, 0.2) is 0 Å². The Hall–Kier alpha value is -0.0405. The van der Waals surface area contributed by atoms with E-state index >= 15 is 0 Å². The van der Waals surface area contributed by atoms with Gasteiger partial charge in [0.2, 0.25) is 0 Å². The monoisotopic (exact) mass is 178 g/mol. The van der Waals surface area contributed by atoms with Crippen molar-refractivity contribution in [1.82, 2.24) is 0 Å². The number of aliphatic hydroxyl groups excluding tert-OH is 1. The predicted molar refractivity (Wildman–Crippen MR) is 36.8 cm³/mol. The number of rotatable bonds is 3. The summed E-state index contributed by atoms with van der Waals surface area (Å²) in [5, 5.41) is 8.67. The predicted octanol–water partition coefficient (Wildman–Crippen LogP) is 0.729. The van der Waals surface area contributed by atoms with Crippen molar-refractivity contribution in [3.63, 3.8) is 0 Å². The van der Waals surface area contributed by atoms with E-state index in [2.05, 4.69) is 6.58 Å². The van der Waals surface area contributed by atoms with E-state index in [1.54, 1.807) is 13.0 Å². The van der Waals surface area contributed by atoms with Crippen LogP contribution in [0.25, 0.3) is 0 Å². The van der Waals surface area contributed by atoms with Gasteiger partial charge >= 0.3 is 55.7 Å². The fourth-order valence-electron chi connectivity index (χ4n) is 0.215. The third kappa shape index (κ3) is 5.96. The van der Waals surface area contributed by atoms with E-state index in [1.165, 1.54) is 0 Å². The summed E-state index contributed by atoms with van der Waals surface area (Å²) < 4.78 is 0. The Bertz CT molecular complexity index is 86.5. The molecule has 0 heterocycles. The van der Waals surface area contributed by atoms with E-state index in [-0.39, 0.29) is 6.10 Å². The summed E-state index contributed by atoms with van der Waals surface area (Å²) in [5.41, 5.74) is 0. The molecule has 0 saturated heterocycles. The molecule has 0 radical (unpaired) electrons. The van der Waals surface area contributed by atoms with Crippen LogP contribution in [0.15, 0.2) is 22.6 Å². The van der Waals surface area contributed by atoms with Crippen molar-refractivity contribution in [2.75, 3.05) is 0 Å². The van der Waals surface area contributed by atoms with E-state index in [9.17, 15) is 0 Å². The van der Waals surface area contributed by atoms with Gasteiger partial charge in [-0.05, 0) is 0 Å². The fraction of sp³-hybridized carbons (Fsp3) is 0.333. The molecule has 0 aliphatic carbocycles. The summed E-state index contributed by atoms with van der Waals surface area (Å²) in [7, 11) is 0. The van der Waals surface area contributed by atoms with Crippen LogP contribution in [0, 0.1) is 0 Å². The Kier molecular flexibility index (Phi) is 5.08. The van der Waals surface area contributed by atoms with Crippen molar-refractivity contribution in [2.24, 2.45) is 0 Å². The van der Waals surface area contributed by atoms with Gasteiger partial charge in [-0.2, -0.15) is 0 Å². The van der Waals surface area contributed by atoms with E-state index in [1.807, 2.05) is 9.95 Å². The first-order valence-electron chi connectivity index (χ1n) is 2.38. The van der Waals surface area contributed by atoms with Crippen LogP contribution in [0.3, 0.4) is 0 Å². The second-order valence-corrected chi connectivity index (χ2v) is 3.21. The molecular formula is C6H10OSe. The molecule has 8 heavy (non-hydrogen) atoms. The van der Waals surface area contributed by atoms with Gasteiger partial charge < -0.3 is 0 Å². The third-order valence-electron chi connectivity index (χ3n) is 0.532. The van der Waals surface area contributed by atoms with Gasteiger partial charge in [-0.15, -0.1) is 0 Å². The van der Waals surface area contributed by atoms with E-state index < -0.39 is 0 Å². The molecule has 1 atom stereocenters. The van der Waals surface area contributed by atoms with Crippen molar-refractivity contribution in [1.29, 1.82) is 0 Å². The first-order valence-corrected chi connectivity index (χ1v) is 4.36. The van der Waals surface area contributed by atoms with Crippen molar-refractivity contribution in [2.45, 2.75) is 13.0 Å². The summed E-state index contributed by atoms with van der Waals surface area (Å²) in [6.07, 6.45) is 1.46. The maximum atomic E-state index is 8.67. The molecule has 0 aliphatic heterocycles. The normalized spacial score (nSPS) is 14.2. The fourth-order valence-corrected chi connectivity index (χ4v) is 1.12. The number of hydrogen-bond acceptors (Lipinski definition) is 1. The molecule has 0 amide bonds. The van der Waals surface area contributed by atoms with Gasteiger partial charge in [-0.1, -0.05) is 0 Å². The van der Waals surface area contributed by atoms with E-state index in [4.69, 9.17) is 5.11 Å². The topological polar surface area (TPSA) is 20.2 Å². The van der Waals surface area contributed by atoms with Crippen LogP contribution in [0.1, 0.15) is 6.92 Å². The van der Waals surface area contributed by atoms with Crippen molar-refractivity contribution >= 4 is 15.0 Å². The summed E-state index contributed by atoms with van der Waals surface area (Å²) in [6.45, 7) is 5.28. The van der Waals surface area contributed by atoms with E-state index in [0.717, 1.165) is 0 Å². The minimum atomic E-state index is -0.308. The maximum absolute atomic E-state index is 8.67. The average Bonchev–Trinajstić information content (AvgIpc) is 1.66. The molecule has 0 aromatic rings. The Morgan fingerprint density at radius 3 is 2.75 bits per heavy atom. The number of aliphatic hydroxyl groups is 1. The molecule has 1 unspecified atom stereocenters. The second-order valence-electron chi connectivity index (χ2n) is 1.37. The van der Waals surface area contributed by atoms with E-state index in [0.29, 0.717) is 15.0 Å². The molecule has 0 aliphatic rings. The van der Waals surface area contributed by atoms with Crippen molar-refractivity contribution < 1.29 is 5.11 Å². The molecule has 2 heteroatoms. The zero-order valence-corrected chi connectivity index (χ0v) is 6.59. The van der Waals surface area contributed by atoms with Crippen LogP contribution in [-0.2, 0) is 0 Å². The molecule has 0 aromatic carbocycles. The molecule has 0 rings (SSSR count). The third-order valence-corrected chi connectivity index (χ3v) is 1.60. The van der Waals surface area contributed by atoms with Gasteiger partial charge in [0.1, 0.15) is 0 Å². The van der Waals surface area contributed by atoms with Crippen LogP contribution in [0.4, 0.5) is 0 Å². The van der Waals surface area contributed by atoms with Gasteiger partial charge in [-0.3, -0.25) is 0 Å². The molecule has 0 aromatic heterocycles. The molecule has 0 spiro atoms. The van der Waals surface area contributed by atoms with Gasteiger partial charge in [0, 0.05) is 0 Å². The quantitative estimate of drug-likeness (QED) is 0.630. The van der Waals surface area contributed by atoms with Crippen LogP contribution in [0.2, 0.25) is 0 Å². The van der Waals surface area contributed by atoms with Crippen LogP contribution in [-0.4, -0.2) is 26.2 Å². The van der Waals surface area contributed by atoms with Crippen molar-refractivity contribution in [3.05, 3.63) is 22.6 Å². The summed E-state index contributed by atoms with van der Waals surface area (Å²) in [6, 6.07) is 0. The Balaban J connectivity index is 3.19. The summed E-state index contributed by atoms with van der Waals surface area (Å²) in [4.78, 5) is 3.80. The molecule has 46 valence electrons. The molecule has 1 N–H and O–H groups in total. The van der Waals surface area contributed by atoms with Crippen LogP contribution >= 0.6 is 0 Å². The zero-order valence-electron chi connectivity index (χ0n) is 4.87. The van der Waals surface area contributed by atoms with Gasteiger partial charge in [0.05, 0.1) is 0 Å². The van der Waals surface area contributed by atoms with Crippen LogP contribution in [0.5, 0.6) is 0 Å². The van der Waals surface area contributed by atoms with Crippen LogP contribution < -0.4 is 0 Å². The standard InChI is InChI=1S/C6H10OSe/c1-3-8-5-4-6(2)7/h3-7H,1H2,2H3. The first kappa shape index (κ1) is 7.96. The molecule has 0 saturated carbocycles. The zero-order chi connectivity index (χ0) is 6.41. The summed E-state index contributed by atoms with van der Waals surface area (Å²) in [5.74, 6) is 0. The summed E-state index contributed by atoms with van der Waals surface area (Å²) >= 11 is 0.372. The van der Waals surface area contributed by atoms with Gasteiger partial charge in [0.25, 0.3) is 0 Å². The molecule has 1 nitrogen and oxygen atoms in total. The SMILES string of the molecule is C=C[Se]C=CC(C)O. The number of hydrogen-bond donors (Lipinski definition) is 1. The van der Waals surface area contributed by atoms with Gasteiger partial charge in [-0.25, -0.2) is 0 Å². The minimum absolute atomic E-state index is 0.308. The first-order chi connectivity index (χ1) is 3.77. The molecule has 0 fully saturated rings. The molecule has 0 bridgehead atoms. The second kappa shape index (κ2) is 5.10.